The molecule has 0 spiro atoms. The third-order valence-corrected chi connectivity index (χ3v) is 2.17. The lowest BCUT2D eigenvalue weighted by Crippen LogP contribution is -2.44. The van der Waals surface area contributed by atoms with E-state index in [4.69, 9.17) is 20.1 Å². The summed E-state index contributed by atoms with van der Waals surface area (Å²) in [4.78, 5) is 11.4. The Labute approximate surface area is 106 Å². The Bertz CT molecular complexity index is 367. The number of nitrogens with two attached hydrogens (primary N) is 1. The van der Waals surface area contributed by atoms with E-state index >= 15 is 0 Å². The Morgan fingerprint density at radius 1 is 1.33 bits per heavy atom. The highest BCUT2D eigenvalue weighted by atomic mass is 16.5. The summed E-state index contributed by atoms with van der Waals surface area (Å²) in [5, 5.41) is 0. The standard InChI is InChI=1S/C12H18N2O4/c1-3-17-9-4-6-10(7-5-9)18-11(8-16-2)12(15)14-13/h4-7,11H,3,8,13H2,1-2H3,(H,14,15). The Morgan fingerprint density at radius 3 is 2.44 bits per heavy atom. The van der Waals surface area contributed by atoms with E-state index in [-0.39, 0.29) is 6.61 Å². The van der Waals surface area contributed by atoms with Crippen molar-refractivity contribution in [2.45, 2.75) is 13.0 Å². The number of carbonyl (C=O) groups excluding carboxylic acids is 1. The molecule has 3 N–H and O–H groups in total. The molecule has 0 aliphatic carbocycles. The van der Waals surface area contributed by atoms with E-state index in [0.29, 0.717) is 12.4 Å². The molecule has 0 aliphatic rings. The minimum Gasteiger partial charge on any atom is -0.494 e. The summed E-state index contributed by atoms with van der Waals surface area (Å²) in [5.41, 5.74) is 2.03. The van der Waals surface area contributed by atoms with Gasteiger partial charge in [0, 0.05) is 7.11 Å². The van der Waals surface area contributed by atoms with Crippen molar-refractivity contribution in [3.05, 3.63) is 24.3 Å². The van der Waals surface area contributed by atoms with Gasteiger partial charge in [-0.1, -0.05) is 0 Å². The number of rotatable bonds is 7. The van der Waals surface area contributed by atoms with Gasteiger partial charge in [0.15, 0.2) is 0 Å². The number of benzene rings is 1. The fraction of sp³-hybridized carbons (Fsp3) is 0.417. The third-order valence-electron chi connectivity index (χ3n) is 2.17. The van der Waals surface area contributed by atoms with Crippen LogP contribution >= 0.6 is 0 Å². The lowest BCUT2D eigenvalue weighted by atomic mass is 10.3. The van der Waals surface area contributed by atoms with Gasteiger partial charge in [0.2, 0.25) is 6.10 Å². The van der Waals surface area contributed by atoms with Gasteiger partial charge in [0.1, 0.15) is 11.5 Å². The van der Waals surface area contributed by atoms with Gasteiger partial charge in [-0.15, -0.1) is 0 Å². The largest absolute Gasteiger partial charge is 0.494 e. The van der Waals surface area contributed by atoms with E-state index in [9.17, 15) is 4.79 Å². The Hall–Kier alpha value is -1.79. The van der Waals surface area contributed by atoms with Crippen LogP contribution in [0.15, 0.2) is 24.3 Å². The molecular formula is C12H18N2O4. The van der Waals surface area contributed by atoms with Crippen molar-refractivity contribution in [1.29, 1.82) is 0 Å². The second-order valence-electron chi connectivity index (χ2n) is 3.47. The lowest BCUT2D eigenvalue weighted by molar-refractivity contribution is -0.130. The topological polar surface area (TPSA) is 82.8 Å². The molecular weight excluding hydrogens is 236 g/mol. The highest BCUT2D eigenvalue weighted by molar-refractivity contribution is 5.80. The van der Waals surface area contributed by atoms with Crippen LogP contribution in [0.25, 0.3) is 0 Å². The molecule has 6 nitrogen and oxygen atoms in total. The third kappa shape index (κ3) is 4.23. The van der Waals surface area contributed by atoms with Crippen molar-refractivity contribution in [1.82, 2.24) is 5.43 Å². The van der Waals surface area contributed by atoms with E-state index in [1.165, 1.54) is 7.11 Å². The number of hydrogen-bond donors (Lipinski definition) is 2. The smallest absolute Gasteiger partial charge is 0.277 e. The zero-order valence-corrected chi connectivity index (χ0v) is 10.5. The Morgan fingerprint density at radius 2 is 1.94 bits per heavy atom. The first-order valence-electron chi connectivity index (χ1n) is 5.60. The average molecular weight is 254 g/mol. The number of ether oxygens (including phenoxy) is 3. The molecule has 100 valence electrons. The first-order valence-corrected chi connectivity index (χ1v) is 5.60. The Balaban J connectivity index is 2.65. The monoisotopic (exact) mass is 254 g/mol. The maximum atomic E-state index is 11.4. The Kier molecular flexibility index (Phi) is 5.96. The van der Waals surface area contributed by atoms with Gasteiger partial charge >= 0.3 is 0 Å². The van der Waals surface area contributed by atoms with E-state index in [2.05, 4.69) is 0 Å². The van der Waals surface area contributed by atoms with Gasteiger partial charge in [0.25, 0.3) is 5.91 Å². The first kappa shape index (κ1) is 14.3. The minimum absolute atomic E-state index is 0.121. The quantitative estimate of drug-likeness (QED) is 0.420. The van der Waals surface area contributed by atoms with E-state index in [1.54, 1.807) is 24.3 Å². The number of carbonyl (C=O) groups is 1. The van der Waals surface area contributed by atoms with Crippen LogP contribution in [-0.2, 0) is 9.53 Å². The maximum absolute atomic E-state index is 11.4. The van der Waals surface area contributed by atoms with Gasteiger partial charge in [-0.25, -0.2) is 5.84 Å². The molecule has 0 radical (unpaired) electrons. The van der Waals surface area contributed by atoms with Crippen LogP contribution in [0, 0.1) is 0 Å². The summed E-state index contributed by atoms with van der Waals surface area (Å²) in [6.45, 7) is 2.63. The molecule has 0 saturated heterocycles. The molecule has 1 aromatic rings. The molecule has 6 heteroatoms. The SMILES string of the molecule is CCOc1ccc(OC(COC)C(=O)NN)cc1. The summed E-state index contributed by atoms with van der Waals surface area (Å²) >= 11 is 0. The summed E-state index contributed by atoms with van der Waals surface area (Å²) in [5.74, 6) is 5.92. The molecule has 1 unspecified atom stereocenters. The average Bonchev–Trinajstić information content (AvgIpc) is 2.40. The molecule has 18 heavy (non-hydrogen) atoms. The molecule has 0 aromatic heterocycles. The second kappa shape index (κ2) is 7.52. The predicted molar refractivity (Wildman–Crippen MR) is 66.2 cm³/mol. The predicted octanol–water partition coefficient (Wildman–Crippen LogP) is 0.469. The van der Waals surface area contributed by atoms with Crippen LogP contribution in [-0.4, -0.2) is 32.3 Å². The number of amides is 1. The van der Waals surface area contributed by atoms with E-state index < -0.39 is 12.0 Å². The van der Waals surface area contributed by atoms with Crippen molar-refractivity contribution in [2.75, 3.05) is 20.3 Å². The zero-order chi connectivity index (χ0) is 13.4. The van der Waals surface area contributed by atoms with Gasteiger partial charge in [-0.2, -0.15) is 0 Å². The van der Waals surface area contributed by atoms with Crippen molar-refractivity contribution >= 4 is 5.91 Å². The number of nitrogens with one attached hydrogen (secondary N) is 1. The van der Waals surface area contributed by atoms with Crippen molar-refractivity contribution in [3.8, 4) is 11.5 Å². The van der Waals surface area contributed by atoms with Crippen molar-refractivity contribution in [2.24, 2.45) is 5.84 Å². The van der Waals surface area contributed by atoms with Gasteiger partial charge < -0.3 is 14.2 Å². The molecule has 0 fully saturated rings. The van der Waals surface area contributed by atoms with Crippen LogP contribution in [0.3, 0.4) is 0 Å². The molecule has 0 bridgehead atoms. The summed E-state index contributed by atoms with van der Waals surface area (Å²) in [6.07, 6.45) is -0.780. The molecule has 0 aliphatic heterocycles. The number of hydrazine groups is 1. The lowest BCUT2D eigenvalue weighted by Gasteiger charge is -2.16. The van der Waals surface area contributed by atoms with Crippen molar-refractivity contribution in [3.63, 3.8) is 0 Å². The molecule has 0 heterocycles. The number of hydrogen-bond acceptors (Lipinski definition) is 5. The fourth-order valence-corrected chi connectivity index (χ4v) is 1.35. The molecule has 1 amide bonds. The van der Waals surface area contributed by atoms with Crippen LogP contribution in [0.4, 0.5) is 0 Å². The van der Waals surface area contributed by atoms with E-state index in [1.807, 2.05) is 12.3 Å². The summed E-state index contributed by atoms with van der Waals surface area (Å²) in [7, 11) is 1.48. The highest BCUT2D eigenvalue weighted by Gasteiger charge is 2.19. The molecule has 0 saturated carbocycles. The van der Waals surface area contributed by atoms with Gasteiger partial charge in [0.05, 0.1) is 13.2 Å². The highest BCUT2D eigenvalue weighted by Crippen LogP contribution is 2.18. The van der Waals surface area contributed by atoms with Crippen molar-refractivity contribution < 1.29 is 19.0 Å². The van der Waals surface area contributed by atoms with Crippen LogP contribution < -0.4 is 20.7 Å². The van der Waals surface area contributed by atoms with Crippen LogP contribution in [0.5, 0.6) is 11.5 Å². The maximum Gasteiger partial charge on any atom is 0.277 e. The normalized spacial score (nSPS) is 11.7. The van der Waals surface area contributed by atoms with E-state index in [0.717, 1.165) is 5.75 Å². The first-order chi connectivity index (χ1) is 8.71. The second-order valence-corrected chi connectivity index (χ2v) is 3.47. The summed E-state index contributed by atoms with van der Waals surface area (Å²) < 4.78 is 15.7. The van der Waals surface area contributed by atoms with Crippen LogP contribution in [0.1, 0.15) is 6.92 Å². The fourth-order valence-electron chi connectivity index (χ4n) is 1.35. The zero-order valence-electron chi connectivity index (χ0n) is 10.5. The molecule has 1 atom stereocenters. The molecule has 1 aromatic carbocycles. The van der Waals surface area contributed by atoms with Gasteiger partial charge in [-0.05, 0) is 31.2 Å². The minimum atomic E-state index is -0.780. The summed E-state index contributed by atoms with van der Waals surface area (Å²) in [6, 6.07) is 6.97. The van der Waals surface area contributed by atoms with Crippen LogP contribution in [0.2, 0.25) is 0 Å². The number of methoxy groups -OCH3 is 1. The van der Waals surface area contributed by atoms with Gasteiger partial charge in [-0.3, -0.25) is 10.2 Å². The molecule has 1 rings (SSSR count).